The molecule has 0 aliphatic carbocycles. The smallest absolute Gasteiger partial charge is 0.227 e. The molecule has 0 aromatic carbocycles. The topological polar surface area (TPSA) is 36.4 Å². The first-order valence-corrected chi connectivity index (χ1v) is 7.08. The molecular formula is C15H23N3O. The maximum atomic E-state index is 12.4. The van der Waals surface area contributed by atoms with Crippen molar-refractivity contribution < 1.29 is 4.79 Å². The molecule has 1 saturated heterocycles. The van der Waals surface area contributed by atoms with Crippen molar-refractivity contribution in [2.45, 2.75) is 19.8 Å². The van der Waals surface area contributed by atoms with Gasteiger partial charge in [-0.3, -0.25) is 9.78 Å². The van der Waals surface area contributed by atoms with Crippen LogP contribution in [0.1, 0.15) is 19.0 Å². The Morgan fingerprint density at radius 2 is 2.21 bits per heavy atom. The van der Waals surface area contributed by atoms with Crippen LogP contribution in [0, 0.1) is 5.92 Å². The third-order valence-electron chi connectivity index (χ3n) is 3.68. The number of rotatable bonds is 4. The molecule has 1 fully saturated rings. The maximum absolute atomic E-state index is 12.4. The summed E-state index contributed by atoms with van der Waals surface area (Å²) in [6.45, 7) is 5.92. The number of nitrogens with zero attached hydrogens (tertiary/aromatic N) is 3. The number of amides is 1. The molecule has 19 heavy (non-hydrogen) atoms. The second kappa shape index (κ2) is 6.66. The van der Waals surface area contributed by atoms with E-state index in [4.69, 9.17) is 0 Å². The van der Waals surface area contributed by atoms with Crippen molar-refractivity contribution in [2.24, 2.45) is 5.92 Å². The summed E-state index contributed by atoms with van der Waals surface area (Å²) in [6.07, 6.45) is 3.67. The van der Waals surface area contributed by atoms with Crippen LogP contribution in [0.4, 0.5) is 0 Å². The highest BCUT2D eigenvalue weighted by Gasteiger charge is 2.28. The highest BCUT2D eigenvalue weighted by atomic mass is 16.2. The van der Waals surface area contributed by atoms with Crippen LogP contribution in [-0.4, -0.2) is 53.9 Å². The molecule has 104 valence electrons. The lowest BCUT2D eigenvalue weighted by Gasteiger charge is -2.22. The third-order valence-corrected chi connectivity index (χ3v) is 3.68. The van der Waals surface area contributed by atoms with Crippen molar-refractivity contribution in [3.63, 3.8) is 0 Å². The Bertz CT molecular complexity index is 407. The number of aromatic nitrogens is 1. The van der Waals surface area contributed by atoms with E-state index >= 15 is 0 Å². The maximum Gasteiger partial charge on any atom is 0.227 e. The summed E-state index contributed by atoms with van der Waals surface area (Å²) in [5.74, 6) is 0.290. The van der Waals surface area contributed by atoms with Gasteiger partial charge >= 0.3 is 0 Å². The lowest BCUT2D eigenvalue weighted by atomic mass is 10.0. The van der Waals surface area contributed by atoms with Gasteiger partial charge in [0.25, 0.3) is 0 Å². The van der Waals surface area contributed by atoms with Crippen molar-refractivity contribution in [1.82, 2.24) is 14.8 Å². The molecule has 1 aliphatic heterocycles. The average molecular weight is 261 g/mol. The Morgan fingerprint density at radius 1 is 1.37 bits per heavy atom. The summed E-state index contributed by atoms with van der Waals surface area (Å²) < 4.78 is 0. The summed E-state index contributed by atoms with van der Waals surface area (Å²) in [5, 5.41) is 0. The molecule has 0 unspecified atom stereocenters. The molecule has 0 saturated carbocycles. The van der Waals surface area contributed by atoms with Crippen LogP contribution in [-0.2, 0) is 11.2 Å². The fraction of sp³-hybridized carbons (Fsp3) is 0.600. The average Bonchev–Trinajstić information content (AvgIpc) is 2.55. The normalized spacial score (nSPS) is 21.5. The van der Waals surface area contributed by atoms with E-state index in [1.165, 1.54) is 0 Å². The predicted molar refractivity (Wildman–Crippen MR) is 75.8 cm³/mol. The first kappa shape index (κ1) is 14.0. The van der Waals surface area contributed by atoms with Gasteiger partial charge in [0.2, 0.25) is 5.91 Å². The summed E-state index contributed by atoms with van der Waals surface area (Å²) in [6, 6.07) is 5.90. The molecule has 1 aliphatic rings. The van der Waals surface area contributed by atoms with Crippen LogP contribution >= 0.6 is 0 Å². The molecule has 4 nitrogen and oxygen atoms in total. The van der Waals surface area contributed by atoms with E-state index in [2.05, 4.69) is 16.8 Å². The van der Waals surface area contributed by atoms with Gasteiger partial charge in [-0.2, -0.15) is 0 Å². The molecule has 0 N–H and O–H groups in total. The minimum Gasteiger partial charge on any atom is -0.344 e. The Kier molecular flexibility index (Phi) is 4.91. The quantitative estimate of drug-likeness (QED) is 0.822. The van der Waals surface area contributed by atoms with Crippen molar-refractivity contribution in [3.8, 4) is 0 Å². The SMILES string of the molecule is CCCN1CCN(C)C(=O)[C@@H](Cc2ccccn2)C1. The van der Waals surface area contributed by atoms with E-state index in [9.17, 15) is 4.79 Å². The van der Waals surface area contributed by atoms with Gasteiger partial charge in [-0.1, -0.05) is 13.0 Å². The van der Waals surface area contributed by atoms with Crippen molar-refractivity contribution >= 4 is 5.91 Å². The number of pyridine rings is 1. The first-order valence-electron chi connectivity index (χ1n) is 7.08. The van der Waals surface area contributed by atoms with Gasteiger partial charge in [0, 0.05) is 45.0 Å². The highest BCUT2D eigenvalue weighted by molar-refractivity contribution is 5.79. The lowest BCUT2D eigenvalue weighted by molar-refractivity contribution is -0.133. The zero-order chi connectivity index (χ0) is 13.7. The van der Waals surface area contributed by atoms with Gasteiger partial charge in [-0.05, 0) is 25.1 Å². The molecule has 4 heteroatoms. The zero-order valence-corrected chi connectivity index (χ0v) is 11.9. The molecule has 2 rings (SSSR count). The van der Waals surface area contributed by atoms with E-state index in [0.717, 1.165) is 44.7 Å². The fourth-order valence-corrected chi connectivity index (χ4v) is 2.64. The van der Waals surface area contributed by atoms with E-state index in [-0.39, 0.29) is 11.8 Å². The minimum absolute atomic E-state index is 0.0361. The number of hydrogen-bond donors (Lipinski definition) is 0. The number of carbonyl (C=O) groups is 1. The molecule has 1 aromatic rings. The van der Waals surface area contributed by atoms with Gasteiger partial charge in [0.15, 0.2) is 0 Å². The Balaban J connectivity index is 2.08. The predicted octanol–water partition coefficient (Wildman–Crippen LogP) is 1.42. The zero-order valence-electron chi connectivity index (χ0n) is 11.9. The van der Waals surface area contributed by atoms with Gasteiger partial charge in [0.1, 0.15) is 0 Å². The van der Waals surface area contributed by atoms with Crippen LogP contribution in [0.25, 0.3) is 0 Å². The molecule has 0 radical (unpaired) electrons. The van der Waals surface area contributed by atoms with Crippen LogP contribution in [0.15, 0.2) is 24.4 Å². The summed E-state index contributed by atoms with van der Waals surface area (Å²) in [5.41, 5.74) is 1.01. The van der Waals surface area contributed by atoms with Gasteiger partial charge < -0.3 is 9.80 Å². The molecular weight excluding hydrogens is 238 g/mol. The Labute approximate surface area is 115 Å². The van der Waals surface area contributed by atoms with Crippen LogP contribution < -0.4 is 0 Å². The number of likely N-dealkylation sites (N-methyl/N-ethyl adjacent to an activating group) is 1. The van der Waals surface area contributed by atoms with E-state index in [1.807, 2.05) is 30.1 Å². The van der Waals surface area contributed by atoms with Gasteiger partial charge in [-0.25, -0.2) is 0 Å². The van der Waals surface area contributed by atoms with Crippen molar-refractivity contribution in [3.05, 3.63) is 30.1 Å². The monoisotopic (exact) mass is 261 g/mol. The first-order chi connectivity index (χ1) is 9.20. The molecule has 2 heterocycles. The third kappa shape index (κ3) is 3.77. The van der Waals surface area contributed by atoms with Crippen LogP contribution in [0.5, 0.6) is 0 Å². The van der Waals surface area contributed by atoms with Crippen molar-refractivity contribution in [2.75, 3.05) is 33.2 Å². The summed E-state index contributed by atoms with van der Waals surface area (Å²) in [7, 11) is 1.91. The molecule has 1 aromatic heterocycles. The van der Waals surface area contributed by atoms with Gasteiger partial charge in [-0.15, -0.1) is 0 Å². The second-order valence-electron chi connectivity index (χ2n) is 5.28. The lowest BCUT2D eigenvalue weighted by Crippen LogP contribution is -2.35. The molecule has 1 atom stereocenters. The van der Waals surface area contributed by atoms with Crippen LogP contribution in [0.2, 0.25) is 0 Å². The Hall–Kier alpha value is -1.42. The largest absolute Gasteiger partial charge is 0.344 e. The number of carbonyl (C=O) groups excluding carboxylic acids is 1. The number of hydrogen-bond acceptors (Lipinski definition) is 3. The fourth-order valence-electron chi connectivity index (χ4n) is 2.64. The Morgan fingerprint density at radius 3 is 2.89 bits per heavy atom. The summed E-state index contributed by atoms with van der Waals surface area (Å²) in [4.78, 5) is 21.0. The molecule has 0 bridgehead atoms. The van der Waals surface area contributed by atoms with E-state index in [0.29, 0.717) is 0 Å². The summed E-state index contributed by atoms with van der Waals surface area (Å²) >= 11 is 0. The highest BCUT2D eigenvalue weighted by Crippen LogP contribution is 2.15. The second-order valence-corrected chi connectivity index (χ2v) is 5.28. The van der Waals surface area contributed by atoms with Gasteiger partial charge in [0.05, 0.1) is 5.92 Å². The minimum atomic E-state index is 0.0361. The van der Waals surface area contributed by atoms with E-state index in [1.54, 1.807) is 6.20 Å². The molecule has 1 amide bonds. The standard InChI is InChI=1S/C15H23N3O/c1-3-8-18-10-9-17(2)15(19)13(12-18)11-14-6-4-5-7-16-14/h4-7,13H,3,8-12H2,1-2H3/t13-/m0/s1. The molecule has 0 spiro atoms. The van der Waals surface area contributed by atoms with Crippen LogP contribution in [0.3, 0.4) is 0 Å². The van der Waals surface area contributed by atoms with Crippen molar-refractivity contribution in [1.29, 1.82) is 0 Å². The van der Waals surface area contributed by atoms with E-state index < -0.39 is 0 Å².